The molecule has 0 amide bonds. The van der Waals surface area contributed by atoms with Crippen LogP contribution in [0.4, 0.5) is 13.2 Å². The standard InChI is InChI=1S/C12H15F3N4O.HI/c1-19-6-4-16-11(19)17-5-7-20-10-3-2-9(8-18-10)12(13,14)15;/h2-3,8H,4-7H2,1H3,(H,16,17);1H. The van der Waals surface area contributed by atoms with Gasteiger partial charge in [-0.25, -0.2) is 4.98 Å². The van der Waals surface area contributed by atoms with Crippen LogP contribution in [-0.4, -0.2) is 49.1 Å². The Morgan fingerprint density at radius 2 is 2.14 bits per heavy atom. The minimum Gasteiger partial charge on any atom is -0.476 e. The molecule has 118 valence electrons. The summed E-state index contributed by atoms with van der Waals surface area (Å²) in [4.78, 5) is 9.84. The van der Waals surface area contributed by atoms with E-state index in [0.717, 1.165) is 31.3 Å². The summed E-state index contributed by atoms with van der Waals surface area (Å²) in [7, 11) is 1.93. The molecule has 2 heterocycles. The van der Waals surface area contributed by atoms with Gasteiger partial charge in [-0.05, 0) is 6.07 Å². The molecule has 9 heteroatoms. The van der Waals surface area contributed by atoms with Gasteiger partial charge >= 0.3 is 6.18 Å². The van der Waals surface area contributed by atoms with Gasteiger partial charge in [0, 0.05) is 25.9 Å². The molecule has 0 atom stereocenters. The van der Waals surface area contributed by atoms with Crippen molar-refractivity contribution < 1.29 is 17.9 Å². The van der Waals surface area contributed by atoms with E-state index in [9.17, 15) is 13.2 Å². The van der Waals surface area contributed by atoms with Crippen molar-refractivity contribution in [2.45, 2.75) is 6.18 Å². The molecule has 0 aromatic carbocycles. The molecule has 0 radical (unpaired) electrons. The summed E-state index contributed by atoms with van der Waals surface area (Å²) in [5.41, 5.74) is -0.787. The van der Waals surface area contributed by atoms with Gasteiger partial charge in [0.15, 0.2) is 5.96 Å². The molecule has 2 rings (SSSR count). The molecule has 0 saturated heterocycles. The number of nitrogens with one attached hydrogen (secondary N) is 1. The monoisotopic (exact) mass is 416 g/mol. The van der Waals surface area contributed by atoms with E-state index in [-0.39, 0.29) is 29.9 Å². The summed E-state index contributed by atoms with van der Waals surface area (Å²) in [6, 6.07) is 2.16. The first kappa shape index (κ1) is 17.8. The van der Waals surface area contributed by atoms with Crippen LogP contribution in [0.15, 0.2) is 23.3 Å². The third-order valence-electron chi connectivity index (χ3n) is 2.76. The van der Waals surface area contributed by atoms with E-state index in [1.807, 2.05) is 11.9 Å². The fraction of sp³-hybridized carbons (Fsp3) is 0.500. The Morgan fingerprint density at radius 3 is 2.67 bits per heavy atom. The number of ether oxygens (including phenoxy) is 1. The number of likely N-dealkylation sites (N-methyl/N-ethyl adjacent to an activating group) is 1. The van der Waals surface area contributed by atoms with Gasteiger partial charge in [0.1, 0.15) is 6.61 Å². The van der Waals surface area contributed by atoms with Gasteiger partial charge < -0.3 is 15.0 Å². The lowest BCUT2D eigenvalue weighted by Crippen LogP contribution is -2.37. The van der Waals surface area contributed by atoms with E-state index in [1.165, 1.54) is 6.07 Å². The molecule has 5 nitrogen and oxygen atoms in total. The fourth-order valence-corrected chi connectivity index (χ4v) is 1.68. The maximum atomic E-state index is 12.3. The highest BCUT2D eigenvalue weighted by Gasteiger charge is 2.30. The quantitative estimate of drug-likeness (QED) is 0.603. The lowest BCUT2D eigenvalue weighted by atomic mass is 10.3. The van der Waals surface area contributed by atoms with E-state index in [1.54, 1.807) is 0 Å². The topological polar surface area (TPSA) is 49.8 Å². The van der Waals surface area contributed by atoms with Crippen LogP contribution in [0, 0.1) is 0 Å². The Morgan fingerprint density at radius 1 is 1.38 bits per heavy atom. The second kappa shape index (κ2) is 7.66. The molecule has 21 heavy (non-hydrogen) atoms. The van der Waals surface area contributed by atoms with Crippen molar-refractivity contribution in [1.82, 2.24) is 15.2 Å². The highest BCUT2D eigenvalue weighted by Crippen LogP contribution is 2.29. The number of hydrogen-bond donors (Lipinski definition) is 1. The Hall–Kier alpha value is -1.26. The van der Waals surface area contributed by atoms with E-state index >= 15 is 0 Å². The van der Waals surface area contributed by atoms with Crippen molar-refractivity contribution in [3.63, 3.8) is 0 Å². The van der Waals surface area contributed by atoms with Crippen molar-refractivity contribution >= 4 is 29.9 Å². The van der Waals surface area contributed by atoms with E-state index in [2.05, 4.69) is 15.3 Å². The second-order valence-corrected chi connectivity index (χ2v) is 4.28. The number of aromatic nitrogens is 1. The molecule has 0 unspecified atom stereocenters. The van der Waals surface area contributed by atoms with Gasteiger partial charge in [-0.2, -0.15) is 13.2 Å². The zero-order valence-electron chi connectivity index (χ0n) is 11.4. The number of guanidine groups is 1. The number of alkyl halides is 3. The summed E-state index contributed by atoms with van der Waals surface area (Å²) in [6.45, 7) is 2.45. The van der Waals surface area contributed by atoms with Crippen LogP contribution in [0.1, 0.15) is 5.56 Å². The molecule has 0 spiro atoms. The summed E-state index contributed by atoms with van der Waals surface area (Å²) in [5.74, 6) is 0.968. The van der Waals surface area contributed by atoms with Gasteiger partial charge in [0.25, 0.3) is 0 Å². The molecule has 1 aliphatic rings. The van der Waals surface area contributed by atoms with Crippen LogP contribution in [0.25, 0.3) is 0 Å². The summed E-state index contributed by atoms with van der Waals surface area (Å²) >= 11 is 0. The highest BCUT2D eigenvalue weighted by molar-refractivity contribution is 14.0. The zero-order valence-corrected chi connectivity index (χ0v) is 13.7. The minimum absolute atomic E-state index is 0. The van der Waals surface area contributed by atoms with E-state index < -0.39 is 11.7 Å². The second-order valence-electron chi connectivity index (χ2n) is 4.28. The van der Waals surface area contributed by atoms with Crippen LogP contribution in [0.2, 0.25) is 0 Å². The van der Waals surface area contributed by atoms with Gasteiger partial charge in [-0.3, -0.25) is 4.99 Å². The third kappa shape index (κ3) is 5.21. The van der Waals surface area contributed by atoms with Crippen molar-refractivity contribution in [2.75, 3.05) is 33.3 Å². The fourth-order valence-electron chi connectivity index (χ4n) is 1.68. The Balaban J connectivity index is 0.00000220. The van der Waals surface area contributed by atoms with Crippen LogP contribution < -0.4 is 10.1 Å². The third-order valence-corrected chi connectivity index (χ3v) is 2.76. The molecule has 1 aliphatic heterocycles. The largest absolute Gasteiger partial charge is 0.476 e. The predicted molar refractivity (Wildman–Crippen MR) is 83.1 cm³/mol. The minimum atomic E-state index is -4.38. The van der Waals surface area contributed by atoms with Gasteiger partial charge in [0.05, 0.1) is 18.7 Å². The number of aliphatic imine (C=N–C) groups is 1. The van der Waals surface area contributed by atoms with Crippen LogP contribution >= 0.6 is 24.0 Å². The van der Waals surface area contributed by atoms with Gasteiger partial charge in [0.2, 0.25) is 5.88 Å². The van der Waals surface area contributed by atoms with E-state index in [0.29, 0.717) is 13.2 Å². The first-order valence-corrected chi connectivity index (χ1v) is 6.12. The molecule has 1 aromatic rings. The van der Waals surface area contributed by atoms with Crippen molar-refractivity contribution in [3.8, 4) is 5.88 Å². The maximum Gasteiger partial charge on any atom is 0.417 e. The summed E-state index contributed by atoms with van der Waals surface area (Å²) in [5, 5.41) is 3.08. The number of nitrogens with zero attached hydrogens (tertiary/aromatic N) is 3. The first-order valence-electron chi connectivity index (χ1n) is 6.12. The Labute approximate surface area is 137 Å². The number of halogens is 4. The zero-order chi connectivity index (χ0) is 14.6. The highest BCUT2D eigenvalue weighted by atomic mass is 127. The lowest BCUT2D eigenvalue weighted by Gasteiger charge is -2.15. The Kier molecular flexibility index (Phi) is 6.49. The van der Waals surface area contributed by atoms with Gasteiger partial charge in [-0.15, -0.1) is 24.0 Å². The summed E-state index contributed by atoms with van der Waals surface area (Å²) in [6.07, 6.45) is -3.62. The normalized spacial score (nSPS) is 14.5. The number of pyridine rings is 1. The molecule has 1 N–H and O–H groups in total. The summed E-state index contributed by atoms with van der Waals surface area (Å²) < 4.78 is 42.2. The lowest BCUT2D eigenvalue weighted by molar-refractivity contribution is -0.137. The molecule has 0 aliphatic carbocycles. The first-order chi connectivity index (χ1) is 9.47. The Bertz CT molecular complexity index is 478. The SMILES string of the molecule is CN1CCN=C1NCCOc1ccc(C(F)(F)F)cn1.I. The molecular formula is C12H16F3IN4O. The molecular weight excluding hydrogens is 400 g/mol. The molecule has 1 aromatic heterocycles. The van der Waals surface area contributed by atoms with Crippen molar-refractivity contribution in [1.29, 1.82) is 0 Å². The number of rotatable bonds is 4. The average Bonchev–Trinajstić information content (AvgIpc) is 2.80. The van der Waals surface area contributed by atoms with Crippen LogP contribution in [-0.2, 0) is 6.18 Å². The smallest absolute Gasteiger partial charge is 0.417 e. The molecule has 0 fully saturated rings. The maximum absolute atomic E-state index is 12.3. The van der Waals surface area contributed by atoms with Gasteiger partial charge in [-0.1, -0.05) is 0 Å². The van der Waals surface area contributed by atoms with Crippen LogP contribution in [0.3, 0.4) is 0 Å². The average molecular weight is 416 g/mol. The van der Waals surface area contributed by atoms with E-state index in [4.69, 9.17) is 4.74 Å². The van der Waals surface area contributed by atoms with Crippen LogP contribution in [0.5, 0.6) is 5.88 Å². The molecule has 0 bridgehead atoms. The number of hydrogen-bond acceptors (Lipinski definition) is 5. The van der Waals surface area contributed by atoms with Crippen molar-refractivity contribution in [3.05, 3.63) is 23.9 Å². The van der Waals surface area contributed by atoms with Crippen molar-refractivity contribution in [2.24, 2.45) is 4.99 Å². The predicted octanol–water partition coefficient (Wildman–Crippen LogP) is 1.99. The molecule has 0 saturated carbocycles.